The van der Waals surface area contributed by atoms with Crippen LogP contribution in [0.25, 0.3) is 0 Å². The topological polar surface area (TPSA) is 40.5 Å². The van der Waals surface area contributed by atoms with E-state index in [1.807, 2.05) is 0 Å². The molecule has 2 heteroatoms. The summed E-state index contributed by atoms with van der Waals surface area (Å²) in [5.74, 6) is 2.49. The first-order valence-corrected chi connectivity index (χ1v) is 13.4. The normalized spacial score (nSPS) is 51.6. The van der Waals surface area contributed by atoms with Gasteiger partial charge in [-0.05, 0) is 103 Å². The lowest BCUT2D eigenvalue weighted by Crippen LogP contribution is -2.64. The van der Waals surface area contributed by atoms with Crippen molar-refractivity contribution in [2.45, 2.75) is 113 Å². The van der Waals surface area contributed by atoms with E-state index in [9.17, 15) is 10.2 Å². The summed E-state index contributed by atoms with van der Waals surface area (Å²) in [4.78, 5) is 0. The van der Waals surface area contributed by atoms with Gasteiger partial charge in [0.1, 0.15) is 11.5 Å². The molecule has 3 fully saturated rings. The van der Waals surface area contributed by atoms with Crippen molar-refractivity contribution in [3.63, 3.8) is 0 Å². The van der Waals surface area contributed by atoms with E-state index >= 15 is 0 Å². The molecule has 0 amide bonds. The van der Waals surface area contributed by atoms with Crippen molar-refractivity contribution in [2.24, 2.45) is 50.2 Å². The van der Waals surface area contributed by atoms with E-state index in [1.165, 1.54) is 50.5 Å². The lowest BCUT2D eigenvalue weighted by atomic mass is 9.33. The number of hydrogen-bond donors (Lipinski definition) is 2. The minimum Gasteiger partial charge on any atom is -0.509 e. The molecule has 0 aliphatic heterocycles. The molecule has 0 heterocycles. The third-order valence-electron chi connectivity index (χ3n) is 12.5. The van der Waals surface area contributed by atoms with Crippen LogP contribution < -0.4 is 0 Å². The van der Waals surface area contributed by atoms with Gasteiger partial charge in [0.2, 0.25) is 0 Å². The van der Waals surface area contributed by atoms with Crippen molar-refractivity contribution in [3.05, 3.63) is 23.2 Å². The Bertz CT molecular complexity index is 893. The number of aliphatic hydroxyl groups is 2. The molecule has 5 aliphatic rings. The van der Waals surface area contributed by atoms with Crippen LogP contribution in [0.5, 0.6) is 0 Å². The van der Waals surface area contributed by atoms with Gasteiger partial charge in [-0.15, -0.1) is 0 Å². The monoisotopic (exact) mass is 440 g/mol. The van der Waals surface area contributed by atoms with Crippen molar-refractivity contribution >= 4 is 0 Å². The number of allylic oxidation sites excluding steroid dienone is 3. The highest BCUT2D eigenvalue weighted by molar-refractivity contribution is 5.41. The van der Waals surface area contributed by atoms with Gasteiger partial charge in [-0.25, -0.2) is 0 Å². The fourth-order valence-corrected chi connectivity index (χ4v) is 10.3. The SMILES string of the molecule is CC1(C)CC[C@]2(C)CC[C@]3(C)[C@H](CC[C@@H]4[C@]5(C)C(=CC[C@]43C)C(C)(C)CC(O)=C5O)[C@@H]2C1. The lowest BCUT2D eigenvalue weighted by molar-refractivity contribution is -0.202. The maximum atomic E-state index is 11.4. The van der Waals surface area contributed by atoms with Crippen molar-refractivity contribution in [1.82, 2.24) is 0 Å². The quantitative estimate of drug-likeness (QED) is 0.370. The molecule has 5 rings (SSSR count). The van der Waals surface area contributed by atoms with Gasteiger partial charge >= 0.3 is 0 Å². The summed E-state index contributed by atoms with van der Waals surface area (Å²) in [6, 6.07) is 0. The van der Waals surface area contributed by atoms with Crippen molar-refractivity contribution in [1.29, 1.82) is 0 Å². The number of aliphatic hydroxyl groups excluding tert-OH is 2. The zero-order valence-corrected chi connectivity index (χ0v) is 22.1. The van der Waals surface area contributed by atoms with E-state index < -0.39 is 5.41 Å². The average molecular weight is 441 g/mol. The van der Waals surface area contributed by atoms with Gasteiger partial charge in [-0.1, -0.05) is 60.1 Å². The van der Waals surface area contributed by atoms with E-state index in [0.29, 0.717) is 23.2 Å². The molecule has 0 aromatic rings. The van der Waals surface area contributed by atoms with Gasteiger partial charge < -0.3 is 10.2 Å². The molecule has 32 heavy (non-hydrogen) atoms. The molecule has 0 spiro atoms. The highest BCUT2D eigenvalue weighted by atomic mass is 16.3. The molecule has 0 unspecified atom stereocenters. The van der Waals surface area contributed by atoms with Crippen LogP contribution in [0.4, 0.5) is 0 Å². The third-order valence-corrected chi connectivity index (χ3v) is 12.5. The maximum Gasteiger partial charge on any atom is 0.140 e. The Morgan fingerprint density at radius 2 is 1.44 bits per heavy atom. The summed E-state index contributed by atoms with van der Waals surface area (Å²) >= 11 is 0. The minimum atomic E-state index is -0.431. The fraction of sp³-hybridized carbons (Fsp3) is 0.867. The van der Waals surface area contributed by atoms with Gasteiger partial charge in [-0.2, -0.15) is 0 Å². The van der Waals surface area contributed by atoms with Crippen LogP contribution in [0, 0.1) is 50.2 Å². The van der Waals surface area contributed by atoms with E-state index in [1.54, 1.807) is 0 Å². The Balaban J connectivity index is 1.61. The lowest BCUT2D eigenvalue weighted by Gasteiger charge is -2.71. The Kier molecular flexibility index (Phi) is 4.57. The summed E-state index contributed by atoms with van der Waals surface area (Å²) in [7, 11) is 0. The molecular formula is C30H48O2. The van der Waals surface area contributed by atoms with Crippen molar-refractivity contribution in [3.8, 4) is 0 Å². The molecule has 0 bridgehead atoms. The van der Waals surface area contributed by atoms with Crippen LogP contribution in [0.15, 0.2) is 23.2 Å². The second kappa shape index (κ2) is 6.39. The summed E-state index contributed by atoms with van der Waals surface area (Å²) in [5.41, 5.74) is 2.27. The molecule has 5 aliphatic carbocycles. The fourth-order valence-electron chi connectivity index (χ4n) is 10.3. The molecule has 2 N–H and O–H groups in total. The molecule has 0 aromatic carbocycles. The zero-order chi connectivity index (χ0) is 23.5. The van der Waals surface area contributed by atoms with Gasteiger partial charge in [0, 0.05) is 6.42 Å². The van der Waals surface area contributed by atoms with Gasteiger partial charge in [0.15, 0.2) is 0 Å². The molecular weight excluding hydrogens is 392 g/mol. The number of fused-ring (bicyclic) bond motifs is 7. The molecule has 0 saturated heterocycles. The summed E-state index contributed by atoms with van der Waals surface area (Å²) < 4.78 is 0. The second-order valence-electron chi connectivity index (χ2n) is 15.1. The molecule has 0 radical (unpaired) electrons. The van der Waals surface area contributed by atoms with Gasteiger partial charge in [-0.3, -0.25) is 0 Å². The number of rotatable bonds is 0. The van der Waals surface area contributed by atoms with Crippen molar-refractivity contribution < 1.29 is 10.2 Å². The minimum absolute atomic E-state index is 0.0946. The molecule has 0 aromatic heterocycles. The Morgan fingerprint density at radius 1 is 0.781 bits per heavy atom. The highest BCUT2D eigenvalue weighted by Crippen LogP contribution is 2.76. The molecule has 7 atom stereocenters. The van der Waals surface area contributed by atoms with E-state index in [0.717, 1.165) is 18.3 Å². The first-order valence-electron chi connectivity index (χ1n) is 13.4. The summed E-state index contributed by atoms with van der Waals surface area (Å²) in [5, 5.41) is 22.2. The van der Waals surface area contributed by atoms with Crippen LogP contribution >= 0.6 is 0 Å². The van der Waals surface area contributed by atoms with Crippen LogP contribution in [-0.2, 0) is 0 Å². The maximum absolute atomic E-state index is 11.4. The predicted molar refractivity (Wildman–Crippen MR) is 132 cm³/mol. The summed E-state index contributed by atoms with van der Waals surface area (Å²) in [6.45, 7) is 19.6. The van der Waals surface area contributed by atoms with Crippen LogP contribution in [0.1, 0.15) is 113 Å². The first kappa shape index (κ1) is 22.9. The van der Waals surface area contributed by atoms with E-state index in [-0.39, 0.29) is 27.8 Å². The average Bonchev–Trinajstić information content (AvgIpc) is 2.68. The largest absolute Gasteiger partial charge is 0.509 e. The van der Waals surface area contributed by atoms with Crippen molar-refractivity contribution in [2.75, 3.05) is 0 Å². The predicted octanol–water partition coefficient (Wildman–Crippen LogP) is 8.75. The molecule has 3 saturated carbocycles. The van der Waals surface area contributed by atoms with Crippen LogP contribution in [0.3, 0.4) is 0 Å². The Labute approximate surface area is 197 Å². The standard InChI is InChI=1S/C30H48O2/c1-25(2)13-14-27(5)15-16-28(6)19(20(27)17-25)9-10-23-29(28,7)12-11-22-26(3,4)18-21(31)24(32)30(22,23)8/h11,19-20,23,31-32H,9-10,12-18H2,1-8H3/t19-,20+,23+,27-,28-,29-,30+/m1/s1. The third kappa shape index (κ3) is 2.65. The number of hydrogen-bond acceptors (Lipinski definition) is 2. The Hall–Kier alpha value is -0.920. The van der Waals surface area contributed by atoms with Crippen LogP contribution in [0.2, 0.25) is 0 Å². The smallest absolute Gasteiger partial charge is 0.140 e. The Morgan fingerprint density at radius 3 is 2.12 bits per heavy atom. The molecule has 180 valence electrons. The van der Waals surface area contributed by atoms with E-state index in [4.69, 9.17) is 0 Å². The van der Waals surface area contributed by atoms with Crippen LogP contribution in [-0.4, -0.2) is 10.2 Å². The van der Waals surface area contributed by atoms with E-state index in [2.05, 4.69) is 61.5 Å². The van der Waals surface area contributed by atoms with Gasteiger partial charge in [0.05, 0.1) is 5.41 Å². The summed E-state index contributed by atoms with van der Waals surface area (Å²) in [6.07, 6.45) is 13.5. The zero-order valence-electron chi connectivity index (χ0n) is 22.1. The van der Waals surface area contributed by atoms with Gasteiger partial charge in [0.25, 0.3) is 0 Å². The molecule has 2 nitrogen and oxygen atoms in total. The second-order valence-corrected chi connectivity index (χ2v) is 15.1. The first-order chi connectivity index (χ1) is 14.6. The highest BCUT2D eigenvalue weighted by Gasteiger charge is 2.68.